The molecule has 1 aromatic heterocycles. The van der Waals surface area contributed by atoms with Crippen molar-refractivity contribution in [2.24, 2.45) is 0 Å². The highest BCUT2D eigenvalue weighted by Gasteiger charge is 2.12. The van der Waals surface area contributed by atoms with Crippen molar-refractivity contribution in [2.45, 2.75) is 19.8 Å². The molecule has 1 aromatic carbocycles. The van der Waals surface area contributed by atoms with Crippen molar-refractivity contribution in [2.75, 3.05) is 0 Å². The van der Waals surface area contributed by atoms with Gasteiger partial charge in [0.15, 0.2) is 0 Å². The van der Waals surface area contributed by atoms with Crippen LogP contribution in [-0.4, -0.2) is 21.0 Å². The van der Waals surface area contributed by atoms with Gasteiger partial charge in [0.05, 0.1) is 11.3 Å². The molecule has 2 rings (SSSR count). The van der Waals surface area contributed by atoms with Crippen molar-refractivity contribution in [3.05, 3.63) is 57.6 Å². The molecule has 0 fully saturated rings. The van der Waals surface area contributed by atoms with Crippen molar-refractivity contribution < 1.29 is 9.90 Å². The number of nitrogens with zero attached hydrogens (tertiary/aromatic N) is 2. The van der Waals surface area contributed by atoms with E-state index in [9.17, 15) is 4.79 Å². The van der Waals surface area contributed by atoms with Crippen LogP contribution in [0.3, 0.4) is 0 Å². The average molecular weight is 321 g/mol. The summed E-state index contributed by atoms with van der Waals surface area (Å²) in [5, 5.41) is 9.03. The molecule has 0 unspecified atom stereocenters. The molecule has 1 N–H and O–H groups in total. The summed E-state index contributed by atoms with van der Waals surface area (Å²) in [6.45, 7) is 1.89. The first-order valence-electron chi connectivity index (χ1n) is 5.92. The Morgan fingerprint density at radius 3 is 2.84 bits per heavy atom. The lowest BCUT2D eigenvalue weighted by atomic mass is 10.1. The smallest absolute Gasteiger partial charge is 0.339 e. The molecule has 0 aliphatic carbocycles. The van der Waals surface area contributed by atoms with Crippen LogP contribution in [0.2, 0.25) is 0 Å². The summed E-state index contributed by atoms with van der Waals surface area (Å²) in [5.74, 6) is -0.342. The first-order chi connectivity index (χ1) is 9.10. The van der Waals surface area contributed by atoms with Gasteiger partial charge in [0.2, 0.25) is 0 Å². The Labute approximate surface area is 119 Å². The number of aromatic nitrogens is 2. The molecule has 0 atom stereocenters. The number of carboxylic acid groups (broad SMARTS) is 1. The zero-order valence-electron chi connectivity index (χ0n) is 10.4. The summed E-state index contributed by atoms with van der Waals surface area (Å²) in [5.41, 5.74) is 1.84. The molecule has 0 amide bonds. The number of benzene rings is 1. The van der Waals surface area contributed by atoms with Crippen LogP contribution in [0, 0.1) is 0 Å². The van der Waals surface area contributed by atoms with Gasteiger partial charge in [0.1, 0.15) is 5.82 Å². The third-order valence-corrected chi connectivity index (χ3v) is 3.23. The predicted octanol–water partition coefficient (Wildman–Crippen LogP) is 3.09. The summed E-state index contributed by atoms with van der Waals surface area (Å²) in [6, 6.07) is 7.89. The van der Waals surface area contributed by atoms with Crippen molar-refractivity contribution in [3.8, 4) is 0 Å². The van der Waals surface area contributed by atoms with E-state index < -0.39 is 5.97 Å². The SMILES string of the molecule is CCc1nc(Cc2cccc(Br)c2)ncc1C(=O)O. The highest BCUT2D eigenvalue weighted by atomic mass is 79.9. The fourth-order valence-electron chi connectivity index (χ4n) is 1.82. The summed E-state index contributed by atoms with van der Waals surface area (Å²) in [6.07, 6.45) is 2.56. The van der Waals surface area contributed by atoms with Gasteiger partial charge in [0, 0.05) is 17.1 Å². The van der Waals surface area contributed by atoms with E-state index in [4.69, 9.17) is 5.11 Å². The van der Waals surface area contributed by atoms with Crippen LogP contribution in [0.1, 0.15) is 34.4 Å². The van der Waals surface area contributed by atoms with Crippen LogP contribution in [0.15, 0.2) is 34.9 Å². The molecule has 98 valence electrons. The van der Waals surface area contributed by atoms with E-state index in [0.29, 0.717) is 24.4 Å². The van der Waals surface area contributed by atoms with Gasteiger partial charge in [-0.25, -0.2) is 14.8 Å². The number of aryl methyl sites for hydroxylation is 1. The Morgan fingerprint density at radius 2 is 2.21 bits per heavy atom. The normalized spacial score (nSPS) is 10.4. The molecule has 0 radical (unpaired) electrons. The molecule has 0 saturated heterocycles. The Kier molecular flexibility index (Phi) is 4.27. The van der Waals surface area contributed by atoms with Gasteiger partial charge in [0.25, 0.3) is 0 Å². The van der Waals surface area contributed by atoms with Gasteiger partial charge in [-0.2, -0.15) is 0 Å². The minimum Gasteiger partial charge on any atom is -0.478 e. The zero-order valence-corrected chi connectivity index (χ0v) is 12.0. The topological polar surface area (TPSA) is 63.1 Å². The predicted molar refractivity (Wildman–Crippen MR) is 75.3 cm³/mol. The molecule has 0 aliphatic rings. The number of hydrogen-bond acceptors (Lipinski definition) is 3. The van der Waals surface area contributed by atoms with E-state index in [2.05, 4.69) is 25.9 Å². The molecule has 0 spiro atoms. The highest BCUT2D eigenvalue weighted by Crippen LogP contribution is 2.15. The van der Waals surface area contributed by atoms with E-state index in [1.54, 1.807) is 0 Å². The second-order valence-corrected chi connectivity index (χ2v) is 5.03. The molecule has 4 nitrogen and oxygen atoms in total. The molecule has 5 heteroatoms. The molecule has 0 saturated carbocycles. The van der Waals surface area contributed by atoms with Crippen LogP contribution in [0.25, 0.3) is 0 Å². The lowest BCUT2D eigenvalue weighted by Gasteiger charge is -2.06. The average Bonchev–Trinajstić information content (AvgIpc) is 2.38. The molecular formula is C14H13BrN2O2. The quantitative estimate of drug-likeness (QED) is 0.940. The second kappa shape index (κ2) is 5.93. The summed E-state index contributed by atoms with van der Waals surface area (Å²) >= 11 is 3.42. The standard InChI is InChI=1S/C14H13BrN2O2/c1-2-12-11(14(18)19)8-16-13(17-12)7-9-4-3-5-10(15)6-9/h3-6,8H,2,7H2,1H3,(H,18,19). The third-order valence-electron chi connectivity index (χ3n) is 2.73. The Balaban J connectivity index is 2.29. The minimum atomic E-state index is -0.981. The molecule has 19 heavy (non-hydrogen) atoms. The van der Waals surface area contributed by atoms with Gasteiger partial charge in [-0.3, -0.25) is 0 Å². The number of rotatable bonds is 4. The maximum atomic E-state index is 11.0. The van der Waals surface area contributed by atoms with E-state index in [-0.39, 0.29) is 5.56 Å². The summed E-state index contributed by atoms with van der Waals surface area (Å²) in [7, 11) is 0. The van der Waals surface area contributed by atoms with E-state index >= 15 is 0 Å². The third kappa shape index (κ3) is 3.38. The highest BCUT2D eigenvalue weighted by molar-refractivity contribution is 9.10. The monoisotopic (exact) mass is 320 g/mol. The van der Waals surface area contributed by atoms with Crippen molar-refractivity contribution >= 4 is 21.9 Å². The molecule has 0 bridgehead atoms. The Bertz CT molecular complexity index is 614. The van der Waals surface area contributed by atoms with Crippen LogP contribution in [0.5, 0.6) is 0 Å². The van der Waals surface area contributed by atoms with Crippen LogP contribution < -0.4 is 0 Å². The van der Waals surface area contributed by atoms with Gasteiger partial charge in [-0.15, -0.1) is 0 Å². The molecule has 1 heterocycles. The van der Waals surface area contributed by atoms with Crippen molar-refractivity contribution in [1.29, 1.82) is 0 Å². The lowest BCUT2D eigenvalue weighted by Crippen LogP contribution is -2.08. The van der Waals surface area contributed by atoms with Crippen molar-refractivity contribution in [1.82, 2.24) is 9.97 Å². The van der Waals surface area contributed by atoms with Gasteiger partial charge >= 0.3 is 5.97 Å². The first kappa shape index (κ1) is 13.7. The lowest BCUT2D eigenvalue weighted by molar-refractivity contribution is 0.0694. The van der Waals surface area contributed by atoms with Gasteiger partial charge < -0.3 is 5.11 Å². The number of halogens is 1. The second-order valence-electron chi connectivity index (χ2n) is 4.11. The first-order valence-corrected chi connectivity index (χ1v) is 6.72. The number of carbonyl (C=O) groups is 1. The van der Waals surface area contributed by atoms with E-state index in [0.717, 1.165) is 10.0 Å². The van der Waals surface area contributed by atoms with Crippen molar-refractivity contribution in [3.63, 3.8) is 0 Å². The zero-order chi connectivity index (χ0) is 13.8. The molecule has 0 aliphatic heterocycles. The maximum Gasteiger partial charge on any atom is 0.339 e. The fourth-order valence-corrected chi connectivity index (χ4v) is 2.27. The largest absolute Gasteiger partial charge is 0.478 e. The summed E-state index contributed by atoms with van der Waals surface area (Å²) < 4.78 is 1.00. The van der Waals surface area contributed by atoms with E-state index in [1.807, 2.05) is 31.2 Å². The number of hydrogen-bond donors (Lipinski definition) is 1. The summed E-state index contributed by atoms with van der Waals surface area (Å²) in [4.78, 5) is 19.5. The fraction of sp³-hybridized carbons (Fsp3) is 0.214. The Morgan fingerprint density at radius 1 is 1.42 bits per heavy atom. The Hall–Kier alpha value is -1.75. The van der Waals surface area contributed by atoms with Gasteiger partial charge in [-0.1, -0.05) is 35.0 Å². The van der Waals surface area contributed by atoms with Crippen LogP contribution in [-0.2, 0) is 12.8 Å². The maximum absolute atomic E-state index is 11.0. The number of aromatic carboxylic acids is 1. The van der Waals surface area contributed by atoms with Crippen LogP contribution >= 0.6 is 15.9 Å². The van der Waals surface area contributed by atoms with Gasteiger partial charge in [-0.05, 0) is 24.1 Å². The molecular weight excluding hydrogens is 308 g/mol. The van der Waals surface area contributed by atoms with E-state index in [1.165, 1.54) is 6.20 Å². The molecule has 2 aromatic rings. The minimum absolute atomic E-state index is 0.181. The van der Waals surface area contributed by atoms with Crippen LogP contribution in [0.4, 0.5) is 0 Å². The number of carboxylic acids is 1.